The molecule has 0 aromatic carbocycles. The van der Waals surface area contributed by atoms with Crippen LogP contribution in [0.15, 0.2) is 12.3 Å². The largest absolute Gasteiger partial charge is 0.395 e. The summed E-state index contributed by atoms with van der Waals surface area (Å²) in [5.41, 5.74) is 6.46. The predicted octanol–water partition coefficient (Wildman–Crippen LogP) is 0.716. The van der Waals surface area contributed by atoms with Gasteiger partial charge in [-0.05, 0) is 6.07 Å². The molecule has 0 fully saturated rings. The zero-order valence-electron chi connectivity index (χ0n) is 9.06. The maximum Gasteiger partial charge on any atom is 0.150 e. The molecule has 0 radical (unpaired) electrons. The maximum absolute atomic E-state index is 11.2. The third-order valence-corrected chi connectivity index (χ3v) is 3.36. The molecule has 16 heavy (non-hydrogen) atoms. The monoisotopic (exact) mass is 238 g/mol. The molecule has 0 bridgehead atoms. The standard InChI is InChI=1S/C10H14N4OS/c1-2-16(15)6-5-14-10-9(12)8(7-11)3-4-13-10/h3-4H,2,5-6,12H2,1H3,(H,13,14). The lowest BCUT2D eigenvalue weighted by atomic mass is 10.2. The third-order valence-electron chi connectivity index (χ3n) is 2.05. The molecule has 0 aliphatic heterocycles. The summed E-state index contributed by atoms with van der Waals surface area (Å²) in [7, 11) is -0.810. The molecule has 3 N–H and O–H groups in total. The van der Waals surface area contributed by atoms with E-state index in [-0.39, 0.29) is 0 Å². The smallest absolute Gasteiger partial charge is 0.150 e. The third kappa shape index (κ3) is 3.21. The maximum atomic E-state index is 11.2. The van der Waals surface area contributed by atoms with Crippen LogP contribution in [-0.4, -0.2) is 27.2 Å². The van der Waals surface area contributed by atoms with Crippen LogP contribution >= 0.6 is 0 Å². The van der Waals surface area contributed by atoms with E-state index in [1.165, 1.54) is 6.20 Å². The molecule has 86 valence electrons. The summed E-state index contributed by atoms with van der Waals surface area (Å²) in [5.74, 6) is 1.67. The second-order valence-corrected chi connectivity index (χ2v) is 4.96. The van der Waals surface area contributed by atoms with Crippen LogP contribution in [0.3, 0.4) is 0 Å². The summed E-state index contributed by atoms with van der Waals surface area (Å²) in [4.78, 5) is 4.02. The quantitative estimate of drug-likeness (QED) is 0.788. The second-order valence-electron chi connectivity index (χ2n) is 3.09. The lowest BCUT2D eigenvalue weighted by molar-refractivity contribution is 0.684. The Kier molecular flexibility index (Phi) is 4.73. The number of aromatic nitrogens is 1. The zero-order valence-corrected chi connectivity index (χ0v) is 9.88. The number of hydrogen-bond acceptors (Lipinski definition) is 5. The van der Waals surface area contributed by atoms with Crippen molar-refractivity contribution in [2.75, 3.05) is 29.1 Å². The van der Waals surface area contributed by atoms with E-state index in [1.807, 2.05) is 13.0 Å². The van der Waals surface area contributed by atoms with Crippen LogP contribution in [0.1, 0.15) is 12.5 Å². The molecule has 0 spiro atoms. The molecule has 0 aliphatic rings. The molecular weight excluding hydrogens is 224 g/mol. The summed E-state index contributed by atoms with van der Waals surface area (Å²) in [6, 6.07) is 3.54. The average molecular weight is 238 g/mol. The van der Waals surface area contributed by atoms with Gasteiger partial charge in [-0.25, -0.2) is 4.98 Å². The molecule has 0 aliphatic carbocycles. The van der Waals surface area contributed by atoms with Crippen LogP contribution in [0.25, 0.3) is 0 Å². The van der Waals surface area contributed by atoms with Crippen molar-refractivity contribution in [3.8, 4) is 6.07 Å². The van der Waals surface area contributed by atoms with Gasteiger partial charge in [0.05, 0.1) is 11.3 Å². The number of nitrogens with two attached hydrogens (primary N) is 1. The molecular formula is C10H14N4OS. The molecule has 5 nitrogen and oxygen atoms in total. The van der Waals surface area contributed by atoms with E-state index < -0.39 is 10.8 Å². The van der Waals surface area contributed by atoms with Gasteiger partial charge in [-0.1, -0.05) is 6.92 Å². The highest BCUT2D eigenvalue weighted by Gasteiger charge is 2.05. The Balaban J connectivity index is 2.61. The Morgan fingerprint density at radius 3 is 3.06 bits per heavy atom. The SMILES string of the molecule is CCS(=O)CCNc1nccc(C#N)c1N. The summed E-state index contributed by atoms with van der Waals surface area (Å²) in [6.07, 6.45) is 1.52. The second kappa shape index (κ2) is 6.08. The van der Waals surface area contributed by atoms with Crippen molar-refractivity contribution in [3.05, 3.63) is 17.8 Å². The van der Waals surface area contributed by atoms with Crippen LogP contribution in [0, 0.1) is 11.3 Å². The van der Waals surface area contributed by atoms with Crippen LogP contribution in [0.2, 0.25) is 0 Å². The zero-order chi connectivity index (χ0) is 12.0. The van der Waals surface area contributed by atoms with E-state index in [1.54, 1.807) is 6.07 Å². The number of nitrogen functional groups attached to an aromatic ring is 1. The van der Waals surface area contributed by atoms with Crippen molar-refractivity contribution in [2.45, 2.75) is 6.92 Å². The highest BCUT2D eigenvalue weighted by Crippen LogP contribution is 2.18. The average Bonchev–Trinajstić information content (AvgIpc) is 2.31. The van der Waals surface area contributed by atoms with Gasteiger partial charge in [-0.15, -0.1) is 0 Å². The number of nitrogens with one attached hydrogen (secondary N) is 1. The summed E-state index contributed by atoms with van der Waals surface area (Å²) < 4.78 is 11.2. The first-order chi connectivity index (χ1) is 7.69. The van der Waals surface area contributed by atoms with Crippen LogP contribution in [-0.2, 0) is 10.8 Å². The van der Waals surface area contributed by atoms with E-state index in [0.717, 1.165) is 0 Å². The molecule has 0 saturated heterocycles. The van der Waals surface area contributed by atoms with Gasteiger partial charge < -0.3 is 11.1 Å². The van der Waals surface area contributed by atoms with Crippen LogP contribution < -0.4 is 11.1 Å². The fraction of sp³-hybridized carbons (Fsp3) is 0.400. The summed E-state index contributed by atoms with van der Waals surface area (Å²) in [6.45, 7) is 2.41. The van der Waals surface area contributed by atoms with Gasteiger partial charge in [0.15, 0.2) is 5.82 Å². The molecule has 1 rings (SSSR count). The minimum absolute atomic E-state index is 0.340. The highest BCUT2D eigenvalue weighted by molar-refractivity contribution is 7.84. The number of nitriles is 1. The van der Waals surface area contributed by atoms with Crippen molar-refractivity contribution in [1.29, 1.82) is 5.26 Å². The Morgan fingerprint density at radius 1 is 1.69 bits per heavy atom. The fourth-order valence-corrected chi connectivity index (χ4v) is 1.76. The number of pyridine rings is 1. The summed E-state index contributed by atoms with van der Waals surface area (Å²) in [5, 5.41) is 11.7. The van der Waals surface area contributed by atoms with Gasteiger partial charge in [0, 0.05) is 35.0 Å². The van der Waals surface area contributed by atoms with E-state index in [2.05, 4.69) is 10.3 Å². The first kappa shape index (κ1) is 12.5. The van der Waals surface area contributed by atoms with Gasteiger partial charge in [0.1, 0.15) is 6.07 Å². The number of anilines is 2. The lowest BCUT2D eigenvalue weighted by Crippen LogP contribution is -2.14. The van der Waals surface area contributed by atoms with Gasteiger partial charge in [0.2, 0.25) is 0 Å². The Labute approximate surface area is 97.1 Å². The Bertz CT molecular complexity index is 427. The van der Waals surface area contributed by atoms with Crippen molar-refractivity contribution < 1.29 is 4.21 Å². The van der Waals surface area contributed by atoms with E-state index in [0.29, 0.717) is 35.1 Å². The van der Waals surface area contributed by atoms with E-state index in [9.17, 15) is 4.21 Å². The normalized spacial score (nSPS) is 11.8. The van der Waals surface area contributed by atoms with Gasteiger partial charge in [0.25, 0.3) is 0 Å². The first-order valence-corrected chi connectivity index (χ1v) is 6.41. The van der Waals surface area contributed by atoms with Gasteiger partial charge >= 0.3 is 0 Å². The molecule has 1 unspecified atom stereocenters. The molecule has 0 saturated carbocycles. The highest BCUT2D eigenvalue weighted by atomic mass is 32.2. The number of rotatable bonds is 5. The van der Waals surface area contributed by atoms with Crippen molar-refractivity contribution in [1.82, 2.24) is 4.98 Å². The van der Waals surface area contributed by atoms with Crippen molar-refractivity contribution >= 4 is 22.3 Å². The molecule has 6 heteroatoms. The van der Waals surface area contributed by atoms with Crippen molar-refractivity contribution in [3.63, 3.8) is 0 Å². The predicted molar refractivity (Wildman–Crippen MR) is 65.4 cm³/mol. The topological polar surface area (TPSA) is 91.8 Å². The fourth-order valence-electron chi connectivity index (χ4n) is 1.14. The van der Waals surface area contributed by atoms with Crippen molar-refractivity contribution in [2.24, 2.45) is 0 Å². The number of hydrogen-bond donors (Lipinski definition) is 2. The van der Waals surface area contributed by atoms with Crippen LogP contribution in [0.5, 0.6) is 0 Å². The Hall–Kier alpha value is -1.61. The first-order valence-electron chi connectivity index (χ1n) is 4.92. The Morgan fingerprint density at radius 2 is 2.44 bits per heavy atom. The molecule has 1 atom stereocenters. The van der Waals surface area contributed by atoms with E-state index >= 15 is 0 Å². The molecule has 1 aromatic heterocycles. The lowest BCUT2D eigenvalue weighted by Gasteiger charge is -2.08. The van der Waals surface area contributed by atoms with Crippen LogP contribution in [0.4, 0.5) is 11.5 Å². The molecule has 1 aromatic rings. The van der Waals surface area contributed by atoms with Gasteiger partial charge in [-0.2, -0.15) is 5.26 Å². The van der Waals surface area contributed by atoms with Gasteiger partial charge in [-0.3, -0.25) is 4.21 Å². The molecule has 0 amide bonds. The summed E-state index contributed by atoms with van der Waals surface area (Å²) >= 11 is 0. The minimum Gasteiger partial charge on any atom is -0.395 e. The minimum atomic E-state index is -0.810. The number of nitrogens with zero attached hydrogens (tertiary/aromatic N) is 2. The van der Waals surface area contributed by atoms with E-state index in [4.69, 9.17) is 11.0 Å². The molecule has 1 heterocycles.